The van der Waals surface area contributed by atoms with Crippen LogP contribution < -0.4 is 4.74 Å². The number of hydrogen-bond donors (Lipinski definition) is 1. The van der Waals surface area contributed by atoms with Crippen LogP contribution in [0.3, 0.4) is 0 Å². The molecular formula is C14H17NO3. The Morgan fingerprint density at radius 2 is 1.78 bits per heavy atom. The van der Waals surface area contributed by atoms with Crippen molar-refractivity contribution in [1.82, 2.24) is 4.90 Å². The van der Waals surface area contributed by atoms with Gasteiger partial charge in [0.25, 0.3) is 0 Å². The van der Waals surface area contributed by atoms with Crippen LogP contribution in [0, 0.1) is 0 Å². The summed E-state index contributed by atoms with van der Waals surface area (Å²) < 4.78 is 5.38. The van der Waals surface area contributed by atoms with Gasteiger partial charge >= 0.3 is 6.09 Å². The minimum atomic E-state index is -0.277. The summed E-state index contributed by atoms with van der Waals surface area (Å²) in [5.41, 5.74) is 0. The molecule has 2 aliphatic rings. The van der Waals surface area contributed by atoms with Crippen LogP contribution >= 0.6 is 0 Å². The van der Waals surface area contributed by atoms with Crippen molar-refractivity contribution >= 4 is 6.09 Å². The molecule has 1 unspecified atom stereocenters. The van der Waals surface area contributed by atoms with E-state index < -0.39 is 0 Å². The van der Waals surface area contributed by atoms with Crippen molar-refractivity contribution in [2.24, 2.45) is 0 Å². The number of carbonyl (C=O) groups excluding carboxylic acids is 1. The summed E-state index contributed by atoms with van der Waals surface area (Å²) in [5, 5.41) is 9.70. The predicted molar refractivity (Wildman–Crippen MR) is 66.4 cm³/mol. The van der Waals surface area contributed by atoms with E-state index in [1.165, 1.54) is 0 Å². The van der Waals surface area contributed by atoms with Gasteiger partial charge in [0.1, 0.15) is 5.75 Å². The van der Waals surface area contributed by atoms with E-state index in [-0.39, 0.29) is 24.3 Å². The highest BCUT2D eigenvalue weighted by Gasteiger charge is 2.43. The number of piperidine rings is 1. The number of aliphatic hydroxyl groups excluding tert-OH is 1. The van der Waals surface area contributed by atoms with E-state index in [0.29, 0.717) is 18.6 Å². The Hall–Kier alpha value is -1.55. The summed E-state index contributed by atoms with van der Waals surface area (Å²) in [6.07, 6.45) is 2.78. The molecule has 2 fully saturated rings. The van der Waals surface area contributed by atoms with Crippen molar-refractivity contribution in [3.8, 4) is 5.75 Å². The molecule has 1 N–H and O–H groups in total. The number of para-hydroxylation sites is 1. The molecule has 0 aromatic heterocycles. The molecule has 0 spiro atoms. The van der Waals surface area contributed by atoms with Crippen molar-refractivity contribution in [2.75, 3.05) is 0 Å². The van der Waals surface area contributed by atoms with Crippen molar-refractivity contribution in [1.29, 1.82) is 0 Å². The standard InChI is InChI=1S/C14H17NO3/c16-12-8-10-6-7-11(9-12)15(10)14(17)18-13-4-2-1-3-5-13/h1-5,10-12,16H,6-9H2/t10-,11+,12?. The Kier molecular flexibility index (Phi) is 2.96. The SMILES string of the molecule is O=C(Oc1ccccc1)N1[C@@H]2CC[C@H]1CC(O)C2. The molecule has 0 aliphatic carbocycles. The topological polar surface area (TPSA) is 49.8 Å². The van der Waals surface area contributed by atoms with Crippen molar-refractivity contribution in [3.63, 3.8) is 0 Å². The number of rotatable bonds is 1. The highest BCUT2D eigenvalue weighted by atomic mass is 16.6. The van der Waals surface area contributed by atoms with E-state index in [1.54, 1.807) is 12.1 Å². The van der Waals surface area contributed by atoms with Crippen molar-refractivity contribution in [3.05, 3.63) is 30.3 Å². The second-order valence-electron chi connectivity index (χ2n) is 5.10. The molecule has 2 saturated heterocycles. The third-order valence-corrected chi connectivity index (χ3v) is 3.87. The lowest BCUT2D eigenvalue weighted by molar-refractivity contribution is 0.0409. The van der Waals surface area contributed by atoms with Crippen LogP contribution in [0.5, 0.6) is 5.75 Å². The molecule has 18 heavy (non-hydrogen) atoms. The molecular weight excluding hydrogens is 230 g/mol. The van der Waals surface area contributed by atoms with Gasteiger partial charge in [0.2, 0.25) is 0 Å². The molecule has 2 heterocycles. The van der Waals surface area contributed by atoms with Crippen LogP contribution in [-0.2, 0) is 0 Å². The van der Waals surface area contributed by atoms with Gasteiger partial charge in [-0.05, 0) is 37.8 Å². The lowest BCUT2D eigenvalue weighted by Crippen LogP contribution is -2.49. The largest absolute Gasteiger partial charge is 0.415 e. The smallest absolute Gasteiger partial charge is 0.410 e. The van der Waals surface area contributed by atoms with Crippen LogP contribution in [0.2, 0.25) is 0 Å². The number of aliphatic hydroxyl groups is 1. The fraction of sp³-hybridized carbons (Fsp3) is 0.500. The molecule has 2 aliphatic heterocycles. The Morgan fingerprint density at radius 1 is 1.17 bits per heavy atom. The summed E-state index contributed by atoms with van der Waals surface area (Å²) in [6, 6.07) is 9.43. The quantitative estimate of drug-likeness (QED) is 0.827. The zero-order valence-corrected chi connectivity index (χ0v) is 10.2. The Bertz CT molecular complexity index is 420. The summed E-state index contributed by atoms with van der Waals surface area (Å²) >= 11 is 0. The second kappa shape index (κ2) is 4.61. The zero-order chi connectivity index (χ0) is 12.5. The van der Waals surface area contributed by atoms with Crippen molar-refractivity contribution < 1.29 is 14.6 Å². The van der Waals surface area contributed by atoms with Gasteiger partial charge in [0, 0.05) is 12.1 Å². The Balaban J connectivity index is 1.70. The maximum absolute atomic E-state index is 12.2. The maximum atomic E-state index is 12.2. The average Bonchev–Trinajstić information content (AvgIpc) is 2.63. The minimum absolute atomic E-state index is 0.148. The molecule has 3 rings (SSSR count). The number of ether oxygens (including phenoxy) is 1. The van der Waals surface area contributed by atoms with E-state index in [0.717, 1.165) is 12.8 Å². The first-order valence-electron chi connectivity index (χ1n) is 6.47. The van der Waals surface area contributed by atoms with Gasteiger partial charge in [-0.15, -0.1) is 0 Å². The molecule has 4 nitrogen and oxygen atoms in total. The highest BCUT2D eigenvalue weighted by molar-refractivity contribution is 5.72. The molecule has 1 aromatic carbocycles. The molecule has 1 amide bonds. The minimum Gasteiger partial charge on any atom is -0.410 e. The molecule has 4 heteroatoms. The number of carbonyl (C=O) groups is 1. The average molecular weight is 247 g/mol. The maximum Gasteiger partial charge on any atom is 0.415 e. The molecule has 0 saturated carbocycles. The normalized spacial score (nSPS) is 30.3. The van der Waals surface area contributed by atoms with Gasteiger partial charge in [0.15, 0.2) is 0 Å². The lowest BCUT2D eigenvalue weighted by Gasteiger charge is -2.36. The van der Waals surface area contributed by atoms with Gasteiger partial charge < -0.3 is 14.7 Å². The fourth-order valence-corrected chi connectivity index (χ4v) is 3.09. The Labute approximate surface area is 106 Å². The third kappa shape index (κ3) is 2.08. The second-order valence-corrected chi connectivity index (χ2v) is 5.10. The monoisotopic (exact) mass is 247 g/mol. The first kappa shape index (κ1) is 11.5. The van der Waals surface area contributed by atoms with Gasteiger partial charge in [0.05, 0.1) is 6.10 Å². The van der Waals surface area contributed by atoms with E-state index in [9.17, 15) is 9.90 Å². The summed E-state index contributed by atoms with van der Waals surface area (Å²) in [6.45, 7) is 0. The number of benzene rings is 1. The summed E-state index contributed by atoms with van der Waals surface area (Å²) in [7, 11) is 0. The van der Waals surface area contributed by atoms with E-state index >= 15 is 0 Å². The number of amides is 1. The first-order valence-corrected chi connectivity index (χ1v) is 6.47. The Morgan fingerprint density at radius 3 is 2.39 bits per heavy atom. The third-order valence-electron chi connectivity index (χ3n) is 3.87. The zero-order valence-electron chi connectivity index (χ0n) is 10.2. The van der Waals surface area contributed by atoms with Crippen LogP contribution in [-0.4, -0.2) is 34.3 Å². The van der Waals surface area contributed by atoms with E-state index in [1.807, 2.05) is 23.1 Å². The van der Waals surface area contributed by atoms with Crippen LogP contribution in [0.15, 0.2) is 30.3 Å². The van der Waals surface area contributed by atoms with Gasteiger partial charge in [-0.3, -0.25) is 0 Å². The number of fused-ring (bicyclic) bond motifs is 2. The van der Waals surface area contributed by atoms with Crippen LogP contribution in [0.25, 0.3) is 0 Å². The van der Waals surface area contributed by atoms with Crippen LogP contribution in [0.4, 0.5) is 4.79 Å². The van der Waals surface area contributed by atoms with Crippen LogP contribution in [0.1, 0.15) is 25.7 Å². The van der Waals surface area contributed by atoms with Gasteiger partial charge in [-0.25, -0.2) is 4.79 Å². The van der Waals surface area contributed by atoms with E-state index in [2.05, 4.69) is 0 Å². The summed E-state index contributed by atoms with van der Waals surface area (Å²) in [4.78, 5) is 14.0. The molecule has 0 radical (unpaired) electrons. The molecule has 2 bridgehead atoms. The lowest BCUT2D eigenvalue weighted by atomic mass is 10.0. The highest BCUT2D eigenvalue weighted by Crippen LogP contribution is 2.36. The predicted octanol–water partition coefficient (Wildman–Crippen LogP) is 2.17. The van der Waals surface area contributed by atoms with Gasteiger partial charge in [-0.1, -0.05) is 18.2 Å². The molecule has 1 aromatic rings. The first-order chi connectivity index (χ1) is 8.74. The van der Waals surface area contributed by atoms with E-state index in [4.69, 9.17) is 4.74 Å². The number of nitrogens with zero attached hydrogens (tertiary/aromatic N) is 1. The fourth-order valence-electron chi connectivity index (χ4n) is 3.09. The van der Waals surface area contributed by atoms with Gasteiger partial charge in [-0.2, -0.15) is 0 Å². The summed E-state index contributed by atoms with van der Waals surface area (Å²) in [5.74, 6) is 0.577. The molecule has 3 atom stereocenters. The number of hydrogen-bond acceptors (Lipinski definition) is 3. The molecule has 96 valence electrons. The van der Waals surface area contributed by atoms with Crippen molar-refractivity contribution in [2.45, 2.75) is 43.9 Å².